The van der Waals surface area contributed by atoms with E-state index in [1.807, 2.05) is 0 Å². The lowest BCUT2D eigenvalue weighted by Crippen LogP contribution is -2.18. The third-order valence-corrected chi connectivity index (χ3v) is 0.939. The van der Waals surface area contributed by atoms with Gasteiger partial charge in [0.15, 0.2) is 6.10 Å². The molecule has 2 N–H and O–H groups in total. The number of aliphatic hydroxyl groups is 1. The molecule has 0 radical (unpaired) electrons. The number of hydrogen-bond acceptors (Lipinski definition) is 2. The third kappa shape index (κ3) is 3.97. The summed E-state index contributed by atoms with van der Waals surface area (Å²) in [7, 11) is 0. The lowest BCUT2D eigenvalue weighted by atomic mass is 10.2. The Kier molecular flexibility index (Phi) is 2.05. The van der Waals surface area contributed by atoms with Crippen LogP contribution in [0.25, 0.3) is 0 Å². The first kappa shape index (κ1) is 4.28. The Bertz CT molecular complexity index is 155. The Labute approximate surface area is 58.5 Å². The van der Waals surface area contributed by atoms with E-state index in [9.17, 15) is 4.79 Å². The van der Waals surface area contributed by atoms with Gasteiger partial charge in [-0.3, -0.25) is 0 Å². The van der Waals surface area contributed by atoms with Crippen LogP contribution < -0.4 is 0 Å². The molecular weight excluding hydrogens is 120 g/mol. The topological polar surface area (TPSA) is 57.5 Å². The quantitative estimate of drug-likeness (QED) is 0.594. The van der Waals surface area contributed by atoms with Gasteiger partial charge >= 0.3 is 5.97 Å². The summed E-state index contributed by atoms with van der Waals surface area (Å²) in [6, 6.07) is 0. The summed E-state index contributed by atoms with van der Waals surface area (Å²) in [5, 5.41) is 17.0. The first-order chi connectivity index (χ1) is 5.33. The molecule has 0 aromatic heterocycles. The fraction of sp³-hybridized carbons (Fsp3) is 0.833. The Morgan fingerprint density at radius 1 is 1.89 bits per heavy atom. The third-order valence-electron chi connectivity index (χ3n) is 0.939. The molecule has 0 amide bonds. The number of rotatable bonds is 4. The molecule has 0 aromatic carbocycles. The number of hydrogen-bond donors (Lipinski definition) is 2. The molecule has 1 atom stereocenters. The van der Waals surface area contributed by atoms with Crippen LogP contribution in [0.2, 0.25) is 0 Å². The zero-order chi connectivity index (χ0) is 9.78. The normalized spacial score (nSPS) is 19.4. The predicted molar refractivity (Wildman–Crippen MR) is 33.2 cm³/mol. The highest BCUT2D eigenvalue weighted by molar-refractivity contribution is 5.71. The second-order valence-electron chi connectivity index (χ2n) is 1.75. The van der Waals surface area contributed by atoms with Gasteiger partial charge in [-0.05, 0) is 6.42 Å². The molecule has 0 heterocycles. The second-order valence-corrected chi connectivity index (χ2v) is 1.75. The molecule has 54 valence electrons. The molecule has 9 heavy (non-hydrogen) atoms. The van der Waals surface area contributed by atoms with Crippen LogP contribution >= 0.6 is 0 Å². The number of aliphatic carboxylic acids is 1. The molecule has 0 aliphatic rings. The Balaban J connectivity index is 3.51. The van der Waals surface area contributed by atoms with Crippen LogP contribution in [0.5, 0.6) is 0 Å². The van der Waals surface area contributed by atoms with E-state index in [0.717, 1.165) is 0 Å². The van der Waals surface area contributed by atoms with Gasteiger partial charge in [0, 0.05) is 4.11 Å². The van der Waals surface area contributed by atoms with Gasteiger partial charge < -0.3 is 10.2 Å². The molecule has 0 aliphatic carbocycles. The first-order valence-corrected chi connectivity index (χ1v) is 2.74. The zero-order valence-corrected chi connectivity index (χ0v) is 5.00. The van der Waals surface area contributed by atoms with Gasteiger partial charge in [-0.1, -0.05) is 19.7 Å². The summed E-state index contributed by atoms with van der Waals surface area (Å²) >= 11 is 0. The van der Waals surface area contributed by atoms with E-state index in [1.54, 1.807) is 0 Å². The van der Waals surface area contributed by atoms with Gasteiger partial charge in [0.05, 0.1) is 0 Å². The summed E-state index contributed by atoms with van der Waals surface area (Å²) in [6.07, 6.45) is -1.30. The maximum Gasteiger partial charge on any atom is 0.332 e. The molecule has 0 fully saturated rings. The highest BCUT2D eigenvalue weighted by Crippen LogP contribution is 1.99. The second kappa shape index (κ2) is 4.32. The maximum absolute atomic E-state index is 10.1. The van der Waals surface area contributed by atoms with Crippen LogP contribution in [-0.2, 0) is 4.79 Å². The molecule has 0 bridgehead atoms. The first-order valence-electron chi connectivity index (χ1n) is 4.24. The average molecular weight is 135 g/mol. The highest BCUT2D eigenvalue weighted by atomic mass is 16.4. The molecular formula is C6H12O3. The smallest absolute Gasteiger partial charge is 0.332 e. The fourth-order valence-electron chi connectivity index (χ4n) is 0.419. The Hall–Kier alpha value is -0.570. The minimum absolute atomic E-state index is 0.00623. The van der Waals surface area contributed by atoms with Crippen molar-refractivity contribution in [3.63, 3.8) is 0 Å². The largest absolute Gasteiger partial charge is 0.479 e. The summed E-state index contributed by atoms with van der Waals surface area (Å²) in [6.45, 7) is -2.03. The minimum Gasteiger partial charge on any atom is -0.479 e. The van der Waals surface area contributed by atoms with Crippen molar-refractivity contribution < 1.29 is 19.1 Å². The van der Waals surface area contributed by atoms with Crippen molar-refractivity contribution in [2.24, 2.45) is 0 Å². The SMILES string of the molecule is [2H]C([2H])([2H])CCCC(O)C(=O)O. The van der Waals surface area contributed by atoms with E-state index in [1.165, 1.54) is 0 Å². The minimum atomic E-state index is -2.03. The fourth-order valence-corrected chi connectivity index (χ4v) is 0.419. The number of aliphatic hydroxyl groups excluding tert-OH is 1. The van der Waals surface area contributed by atoms with E-state index in [-0.39, 0.29) is 19.3 Å². The van der Waals surface area contributed by atoms with Gasteiger partial charge in [-0.25, -0.2) is 4.79 Å². The molecule has 3 heteroatoms. The molecule has 0 saturated heterocycles. The number of carboxylic acids is 1. The van der Waals surface area contributed by atoms with E-state index in [4.69, 9.17) is 14.3 Å². The van der Waals surface area contributed by atoms with Crippen LogP contribution in [0.3, 0.4) is 0 Å². The van der Waals surface area contributed by atoms with Gasteiger partial charge in [0.2, 0.25) is 0 Å². The van der Waals surface area contributed by atoms with Crippen LogP contribution in [-0.4, -0.2) is 22.3 Å². The van der Waals surface area contributed by atoms with Gasteiger partial charge in [0.1, 0.15) is 0 Å². The van der Waals surface area contributed by atoms with Crippen molar-refractivity contribution in [2.45, 2.75) is 32.2 Å². The van der Waals surface area contributed by atoms with E-state index < -0.39 is 18.9 Å². The van der Waals surface area contributed by atoms with Crippen LogP contribution in [0.15, 0.2) is 0 Å². The van der Waals surface area contributed by atoms with Crippen molar-refractivity contribution in [1.29, 1.82) is 0 Å². The summed E-state index contributed by atoms with van der Waals surface area (Å²) < 4.78 is 20.4. The number of carboxylic acid groups (broad SMARTS) is 1. The molecule has 3 nitrogen and oxygen atoms in total. The molecule has 0 spiro atoms. The van der Waals surface area contributed by atoms with Crippen molar-refractivity contribution in [3.05, 3.63) is 0 Å². The van der Waals surface area contributed by atoms with Crippen molar-refractivity contribution >= 4 is 5.97 Å². The highest BCUT2D eigenvalue weighted by Gasteiger charge is 2.10. The monoisotopic (exact) mass is 135 g/mol. The molecule has 1 unspecified atom stereocenters. The molecule has 0 saturated carbocycles. The van der Waals surface area contributed by atoms with Crippen LogP contribution in [0.4, 0.5) is 0 Å². The number of carbonyl (C=O) groups is 1. The summed E-state index contributed by atoms with van der Waals surface area (Å²) in [5.74, 6) is -1.31. The van der Waals surface area contributed by atoms with Crippen molar-refractivity contribution in [3.8, 4) is 0 Å². The standard InChI is InChI=1S/C6H12O3/c1-2-3-4-5(7)6(8)9/h5,7H,2-4H2,1H3,(H,8,9)/i1D3. The molecule has 0 aromatic rings. The van der Waals surface area contributed by atoms with Gasteiger partial charge in [-0.15, -0.1) is 0 Å². The van der Waals surface area contributed by atoms with Crippen molar-refractivity contribution in [1.82, 2.24) is 0 Å². The molecule has 0 rings (SSSR count). The molecule has 0 aliphatic heterocycles. The van der Waals surface area contributed by atoms with Gasteiger partial charge in [-0.2, -0.15) is 0 Å². The summed E-state index contributed by atoms with van der Waals surface area (Å²) in [5.41, 5.74) is 0. The average Bonchev–Trinajstić information content (AvgIpc) is 1.84. The van der Waals surface area contributed by atoms with Gasteiger partial charge in [0.25, 0.3) is 0 Å². The van der Waals surface area contributed by atoms with Crippen LogP contribution in [0, 0.1) is 0 Å². The van der Waals surface area contributed by atoms with E-state index in [2.05, 4.69) is 0 Å². The summed E-state index contributed by atoms with van der Waals surface area (Å²) in [4.78, 5) is 10.1. The van der Waals surface area contributed by atoms with E-state index >= 15 is 0 Å². The van der Waals surface area contributed by atoms with Crippen LogP contribution in [0.1, 0.15) is 30.2 Å². The predicted octanol–water partition coefficient (Wildman–Crippen LogP) is 0.622. The van der Waals surface area contributed by atoms with E-state index in [0.29, 0.717) is 0 Å². The van der Waals surface area contributed by atoms with Crippen molar-refractivity contribution in [2.75, 3.05) is 0 Å². The Morgan fingerprint density at radius 2 is 2.56 bits per heavy atom. The Morgan fingerprint density at radius 3 is 3.00 bits per heavy atom. The lowest BCUT2D eigenvalue weighted by Gasteiger charge is -2.01. The zero-order valence-electron chi connectivity index (χ0n) is 8.00. The lowest BCUT2D eigenvalue weighted by molar-refractivity contribution is -0.146. The maximum atomic E-state index is 10.1.